The van der Waals surface area contributed by atoms with Gasteiger partial charge in [-0.2, -0.15) is 0 Å². The maximum Gasteiger partial charge on any atom is 0.165 e. The lowest BCUT2D eigenvalue weighted by atomic mass is 10.0. The summed E-state index contributed by atoms with van der Waals surface area (Å²) in [6.07, 6.45) is -1.28. The highest BCUT2D eigenvalue weighted by Crippen LogP contribution is 2.26. The lowest BCUT2D eigenvalue weighted by Crippen LogP contribution is -2.05. The molecular formula is C10H8F2N2OS. The number of aliphatic hydroxyl groups is 1. The minimum Gasteiger partial charge on any atom is -0.382 e. The van der Waals surface area contributed by atoms with E-state index in [1.165, 1.54) is 24.4 Å². The molecule has 84 valence electrons. The summed E-state index contributed by atoms with van der Waals surface area (Å²) in [7, 11) is 0. The van der Waals surface area contributed by atoms with Gasteiger partial charge in [-0.3, -0.25) is 0 Å². The van der Waals surface area contributed by atoms with Crippen molar-refractivity contribution < 1.29 is 13.9 Å². The Labute approximate surface area is 94.5 Å². The van der Waals surface area contributed by atoms with Crippen LogP contribution < -0.4 is 0 Å². The number of aromatic nitrogens is 2. The third-order valence-electron chi connectivity index (χ3n) is 2.26. The molecule has 1 heterocycles. The van der Waals surface area contributed by atoms with Gasteiger partial charge in [0.25, 0.3) is 0 Å². The Hall–Kier alpha value is -1.40. The molecule has 1 unspecified atom stereocenters. The molecule has 0 fully saturated rings. The van der Waals surface area contributed by atoms with Gasteiger partial charge in [-0.25, -0.2) is 8.78 Å². The van der Waals surface area contributed by atoms with Crippen LogP contribution in [0.2, 0.25) is 0 Å². The molecule has 0 aliphatic carbocycles. The third-order valence-corrected chi connectivity index (χ3v) is 2.78. The number of hydrogen-bond donors (Lipinski definition) is 1. The summed E-state index contributed by atoms with van der Waals surface area (Å²) < 4.78 is 30.4. The van der Waals surface area contributed by atoms with Crippen LogP contribution >= 0.6 is 11.5 Å². The van der Waals surface area contributed by atoms with Crippen LogP contribution in [0.3, 0.4) is 0 Å². The van der Waals surface area contributed by atoms with Crippen LogP contribution in [0.4, 0.5) is 8.78 Å². The molecule has 0 aliphatic heterocycles. The van der Waals surface area contributed by atoms with Gasteiger partial charge in [0.1, 0.15) is 11.8 Å². The van der Waals surface area contributed by atoms with E-state index < -0.39 is 17.7 Å². The number of aliphatic hydroxyl groups excluding tert-OH is 1. The Morgan fingerprint density at radius 3 is 2.69 bits per heavy atom. The second-order valence-corrected chi connectivity index (χ2v) is 3.94. The van der Waals surface area contributed by atoms with Crippen LogP contribution in [0, 0.1) is 18.6 Å². The van der Waals surface area contributed by atoms with Crippen LogP contribution in [0.1, 0.15) is 22.9 Å². The summed E-state index contributed by atoms with van der Waals surface area (Å²) in [5, 5.41) is 14.9. The van der Waals surface area contributed by atoms with E-state index >= 15 is 0 Å². The van der Waals surface area contributed by atoms with Crippen molar-refractivity contribution in [3.05, 3.63) is 46.0 Å². The zero-order chi connectivity index (χ0) is 11.7. The van der Waals surface area contributed by atoms with Gasteiger partial charge in [-0.05, 0) is 24.0 Å². The first-order valence-corrected chi connectivity index (χ1v) is 5.34. The molecule has 6 heteroatoms. The van der Waals surface area contributed by atoms with E-state index in [1.807, 2.05) is 0 Å². The van der Waals surface area contributed by atoms with Crippen molar-refractivity contribution in [1.29, 1.82) is 0 Å². The molecule has 0 saturated carbocycles. The Kier molecular flexibility index (Phi) is 2.93. The van der Waals surface area contributed by atoms with Gasteiger partial charge in [-0.15, -0.1) is 5.10 Å². The van der Waals surface area contributed by atoms with Crippen molar-refractivity contribution in [3.63, 3.8) is 0 Å². The van der Waals surface area contributed by atoms with E-state index in [2.05, 4.69) is 9.59 Å². The van der Waals surface area contributed by atoms with Crippen molar-refractivity contribution in [2.75, 3.05) is 0 Å². The average molecular weight is 242 g/mol. The Morgan fingerprint density at radius 2 is 2.06 bits per heavy atom. The summed E-state index contributed by atoms with van der Waals surface area (Å²) in [4.78, 5) is 0. The molecule has 1 N–H and O–H groups in total. The second kappa shape index (κ2) is 4.23. The van der Waals surface area contributed by atoms with E-state index in [0.717, 1.165) is 11.5 Å². The third kappa shape index (κ3) is 1.81. The Bertz CT molecular complexity index is 502. The summed E-state index contributed by atoms with van der Waals surface area (Å²) in [5.41, 5.74) is 0.285. The highest BCUT2D eigenvalue weighted by molar-refractivity contribution is 7.03. The van der Waals surface area contributed by atoms with Crippen molar-refractivity contribution in [2.24, 2.45) is 0 Å². The van der Waals surface area contributed by atoms with Crippen molar-refractivity contribution in [3.8, 4) is 0 Å². The van der Waals surface area contributed by atoms with E-state index in [1.54, 1.807) is 0 Å². The van der Waals surface area contributed by atoms with Crippen LogP contribution in [-0.2, 0) is 0 Å². The second-order valence-electron chi connectivity index (χ2n) is 3.33. The first-order chi connectivity index (χ1) is 7.61. The van der Waals surface area contributed by atoms with Crippen LogP contribution in [0.15, 0.2) is 17.5 Å². The molecule has 1 aromatic heterocycles. The molecule has 2 aromatic rings. The maximum atomic E-state index is 13.5. The molecule has 0 aliphatic rings. The van der Waals surface area contributed by atoms with E-state index in [0.29, 0.717) is 0 Å². The number of benzene rings is 1. The summed E-state index contributed by atoms with van der Waals surface area (Å²) in [6.45, 7) is 1.46. The number of rotatable bonds is 2. The minimum absolute atomic E-state index is 0.129. The first kappa shape index (κ1) is 11.1. The highest BCUT2D eigenvalue weighted by Gasteiger charge is 2.20. The fraction of sp³-hybridized carbons (Fsp3) is 0.200. The van der Waals surface area contributed by atoms with E-state index in [9.17, 15) is 13.9 Å². The molecule has 16 heavy (non-hydrogen) atoms. The van der Waals surface area contributed by atoms with Gasteiger partial charge < -0.3 is 5.11 Å². The molecule has 2 rings (SSSR count). The van der Waals surface area contributed by atoms with Crippen molar-refractivity contribution in [1.82, 2.24) is 9.59 Å². The van der Waals surface area contributed by atoms with Gasteiger partial charge in [0.15, 0.2) is 11.6 Å². The van der Waals surface area contributed by atoms with Crippen LogP contribution in [0.25, 0.3) is 0 Å². The van der Waals surface area contributed by atoms with Gasteiger partial charge in [0, 0.05) is 10.9 Å². The number of nitrogens with zero attached hydrogens (tertiary/aromatic N) is 2. The summed E-state index contributed by atoms with van der Waals surface area (Å²) in [5.74, 6) is -1.99. The lowest BCUT2D eigenvalue weighted by molar-refractivity contribution is 0.208. The van der Waals surface area contributed by atoms with Gasteiger partial charge >= 0.3 is 0 Å². The monoisotopic (exact) mass is 242 g/mol. The van der Waals surface area contributed by atoms with E-state index in [4.69, 9.17) is 0 Å². The molecule has 0 saturated heterocycles. The lowest BCUT2D eigenvalue weighted by Gasteiger charge is -2.10. The number of halogens is 2. The molecule has 3 nitrogen and oxygen atoms in total. The normalized spacial score (nSPS) is 12.8. The molecule has 1 atom stereocenters. The highest BCUT2D eigenvalue weighted by atomic mass is 32.1. The van der Waals surface area contributed by atoms with Crippen LogP contribution in [-0.4, -0.2) is 14.7 Å². The number of hydrogen-bond acceptors (Lipinski definition) is 4. The fourth-order valence-corrected chi connectivity index (χ4v) is 1.80. The summed E-state index contributed by atoms with van der Waals surface area (Å²) in [6, 6.07) is 2.76. The number of aryl methyl sites for hydroxylation is 1. The smallest absolute Gasteiger partial charge is 0.165 e. The molecular weight excluding hydrogens is 234 g/mol. The summed E-state index contributed by atoms with van der Waals surface area (Å²) >= 11 is 1.04. The predicted octanol–water partition coefficient (Wildman–Crippen LogP) is 2.21. The maximum absolute atomic E-state index is 13.5. The zero-order valence-electron chi connectivity index (χ0n) is 8.32. The van der Waals surface area contributed by atoms with Crippen molar-refractivity contribution in [2.45, 2.75) is 13.0 Å². The van der Waals surface area contributed by atoms with Gasteiger partial charge in [0.2, 0.25) is 0 Å². The average Bonchev–Trinajstić information content (AvgIpc) is 2.79. The van der Waals surface area contributed by atoms with Crippen LogP contribution in [0.5, 0.6) is 0 Å². The van der Waals surface area contributed by atoms with Gasteiger partial charge in [0.05, 0.1) is 0 Å². The molecule has 0 spiro atoms. The van der Waals surface area contributed by atoms with Crippen molar-refractivity contribution >= 4 is 11.5 Å². The molecule has 1 aromatic carbocycles. The molecule has 0 bridgehead atoms. The zero-order valence-corrected chi connectivity index (χ0v) is 9.13. The predicted molar refractivity (Wildman–Crippen MR) is 55.1 cm³/mol. The topological polar surface area (TPSA) is 46.0 Å². The standard InChI is InChI=1S/C10H8F2N2OS/c1-5-2-3-6(9(12)8(5)11)10(15)7-4-16-14-13-7/h2-4,10,15H,1H3. The van der Waals surface area contributed by atoms with E-state index in [-0.39, 0.29) is 16.8 Å². The first-order valence-electron chi connectivity index (χ1n) is 4.50. The quantitative estimate of drug-likeness (QED) is 0.878. The molecule has 0 amide bonds. The molecule has 0 radical (unpaired) electrons. The largest absolute Gasteiger partial charge is 0.382 e. The minimum atomic E-state index is -1.28. The Balaban J connectivity index is 2.45. The van der Waals surface area contributed by atoms with Gasteiger partial charge in [-0.1, -0.05) is 16.6 Å². The Morgan fingerprint density at radius 1 is 1.31 bits per heavy atom. The SMILES string of the molecule is Cc1ccc(C(O)c2csnn2)c(F)c1F. The fourth-order valence-electron chi connectivity index (χ4n) is 1.32.